The Labute approximate surface area is 144 Å². The number of hydrogen-bond acceptors (Lipinski definition) is 4. The van der Waals surface area contributed by atoms with Crippen LogP contribution in [0.2, 0.25) is 0 Å². The van der Waals surface area contributed by atoms with Gasteiger partial charge in [0.25, 0.3) is 5.69 Å². The molecule has 1 heterocycles. The van der Waals surface area contributed by atoms with Crippen LogP contribution in [0.5, 0.6) is 0 Å². The molecule has 0 bridgehead atoms. The Bertz CT molecular complexity index is 880. The van der Waals surface area contributed by atoms with Gasteiger partial charge in [0.15, 0.2) is 0 Å². The Hall–Kier alpha value is -3.20. The topological polar surface area (TPSA) is 70.2 Å². The first-order valence-electron chi connectivity index (χ1n) is 7.99. The third-order valence-electron chi connectivity index (χ3n) is 4.22. The number of halogens is 1. The quantitative estimate of drug-likeness (QED) is 0.359. The van der Waals surface area contributed by atoms with Gasteiger partial charge < -0.3 is 4.90 Å². The third kappa shape index (κ3) is 3.66. The van der Waals surface area contributed by atoms with Gasteiger partial charge in [0.2, 0.25) is 0 Å². The molecule has 0 saturated carbocycles. The average Bonchev–Trinajstić information content (AvgIpc) is 3.14. The summed E-state index contributed by atoms with van der Waals surface area (Å²) in [6.07, 6.45) is 3.66. The van der Waals surface area contributed by atoms with Gasteiger partial charge in [-0.05, 0) is 42.2 Å². The molecule has 3 rings (SSSR count). The number of nitro benzene ring substituents is 1. The first-order chi connectivity index (χ1) is 12.1. The zero-order chi connectivity index (χ0) is 17.8. The van der Waals surface area contributed by atoms with Gasteiger partial charge in [0.05, 0.1) is 22.3 Å². The van der Waals surface area contributed by atoms with Crippen LogP contribution in [-0.4, -0.2) is 18.0 Å². The van der Waals surface area contributed by atoms with Crippen LogP contribution in [0.25, 0.3) is 11.6 Å². The second-order valence-corrected chi connectivity index (χ2v) is 5.88. The fourth-order valence-electron chi connectivity index (χ4n) is 2.96. The molecule has 126 valence electrons. The predicted octanol–water partition coefficient (Wildman–Crippen LogP) is 4.40. The van der Waals surface area contributed by atoms with Gasteiger partial charge >= 0.3 is 0 Å². The summed E-state index contributed by atoms with van der Waals surface area (Å²) >= 11 is 0. The van der Waals surface area contributed by atoms with Crippen LogP contribution in [-0.2, 0) is 0 Å². The van der Waals surface area contributed by atoms with Gasteiger partial charge in [-0.15, -0.1) is 0 Å². The highest BCUT2D eigenvalue weighted by molar-refractivity contribution is 5.90. The molecule has 1 aliphatic rings. The number of nitrogens with zero attached hydrogens (tertiary/aromatic N) is 3. The Morgan fingerprint density at radius 1 is 1.24 bits per heavy atom. The van der Waals surface area contributed by atoms with Gasteiger partial charge in [-0.1, -0.05) is 18.2 Å². The Balaban J connectivity index is 1.92. The lowest BCUT2D eigenvalue weighted by atomic mass is 10.0. The highest BCUT2D eigenvalue weighted by atomic mass is 19.1. The van der Waals surface area contributed by atoms with E-state index in [0.717, 1.165) is 25.9 Å². The first-order valence-corrected chi connectivity index (χ1v) is 7.99. The van der Waals surface area contributed by atoms with E-state index in [4.69, 9.17) is 0 Å². The second kappa shape index (κ2) is 7.14. The molecule has 1 aliphatic heterocycles. The van der Waals surface area contributed by atoms with Crippen molar-refractivity contribution in [1.29, 1.82) is 5.26 Å². The van der Waals surface area contributed by atoms with E-state index in [0.29, 0.717) is 16.8 Å². The van der Waals surface area contributed by atoms with Crippen molar-refractivity contribution in [1.82, 2.24) is 0 Å². The number of nitro groups is 1. The van der Waals surface area contributed by atoms with Crippen LogP contribution in [0.15, 0.2) is 42.5 Å². The summed E-state index contributed by atoms with van der Waals surface area (Å²) in [4.78, 5) is 12.4. The average molecular weight is 337 g/mol. The minimum absolute atomic E-state index is 0.0887. The largest absolute Gasteiger partial charge is 0.369 e. The zero-order valence-electron chi connectivity index (χ0n) is 13.5. The van der Waals surface area contributed by atoms with E-state index in [2.05, 4.69) is 0 Å². The lowest BCUT2D eigenvalue weighted by molar-refractivity contribution is -0.384. The summed E-state index contributed by atoms with van der Waals surface area (Å²) in [6.45, 7) is 1.70. The van der Waals surface area contributed by atoms with Crippen molar-refractivity contribution >= 4 is 23.0 Å². The Morgan fingerprint density at radius 3 is 2.64 bits per heavy atom. The maximum atomic E-state index is 14.4. The fourth-order valence-corrected chi connectivity index (χ4v) is 2.96. The molecule has 0 atom stereocenters. The molecule has 0 amide bonds. The van der Waals surface area contributed by atoms with E-state index >= 15 is 0 Å². The summed E-state index contributed by atoms with van der Waals surface area (Å²) in [5, 5.41) is 20.3. The maximum absolute atomic E-state index is 14.4. The highest BCUT2D eigenvalue weighted by Gasteiger charge is 2.16. The van der Waals surface area contributed by atoms with E-state index in [9.17, 15) is 19.8 Å². The molecule has 0 aliphatic carbocycles. The summed E-state index contributed by atoms with van der Waals surface area (Å²) < 4.78 is 14.4. The molecule has 1 saturated heterocycles. The van der Waals surface area contributed by atoms with Gasteiger partial charge in [0.1, 0.15) is 5.82 Å². The van der Waals surface area contributed by atoms with E-state index in [1.807, 2.05) is 11.0 Å². The number of benzene rings is 2. The lowest BCUT2D eigenvalue weighted by Crippen LogP contribution is -2.18. The van der Waals surface area contributed by atoms with Gasteiger partial charge in [-0.25, -0.2) is 4.39 Å². The maximum Gasteiger partial charge on any atom is 0.270 e. The molecular weight excluding hydrogens is 321 g/mol. The SMILES string of the molecule is N#CC(=Cc1ccc(N2CCCC2)c(F)c1)c1cccc([N+](=O)[O-])c1. The molecule has 25 heavy (non-hydrogen) atoms. The molecular formula is C19H16FN3O2. The molecule has 2 aromatic rings. The summed E-state index contributed by atoms with van der Waals surface area (Å²) in [5.74, 6) is -0.327. The molecule has 6 heteroatoms. The molecule has 0 radical (unpaired) electrons. The van der Waals surface area contributed by atoms with Crippen LogP contribution in [0.4, 0.5) is 15.8 Å². The minimum Gasteiger partial charge on any atom is -0.369 e. The molecule has 5 nitrogen and oxygen atoms in total. The van der Waals surface area contributed by atoms with Crippen molar-refractivity contribution in [3.8, 4) is 6.07 Å². The Kier molecular flexibility index (Phi) is 4.75. The van der Waals surface area contributed by atoms with E-state index < -0.39 is 4.92 Å². The van der Waals surface area contributed by atoms with Crippen molar-refractivity contribution in [3.63, 3.8) is 0 Å². The molecule has 2 aromatic carbocycles. The van der Waals surface area contributed by atoms with Crippen molar-refractivity contribution in [3.05, 3.63) is 69.5 Å². The fraction of sp³-hybridized carbons (Fsp3) is 0.211. The van der Waals surface area contributed by atoms with Gasteiger partial charge in [0, 0.05) is 25.2 Å². The normalized spacial score (nSPS) is 14.4. The van der Waals surface area contributed by atoms with E-state index in [-0.39, 0.29) is 17.1 Å². The highest BCUT2D eigenvalue weighted by Crippen LogP contribution is 2.27. The number of rotatable bonds is 4. The molecule has 0 spiro atoms. The van der Waals surface area contributed by atoms with Crippen LogP contribution in [0.3, 0.4) is 0 Å². The van der Waals surface area contributed by atoms with Crippen molar-refractivity contribution in [2.75, 3.05) is 18.0 Å². The second-order valence-electron chi connectivity index (χ2n) is 5.88. The Morgan fingerprint density at radius 2 is 2.00 bits per heavy atom. The van der Waals surface area contributed by atoms with Crippen molar-refractivity contribution in [2.45, 2.75) is 12.8 Å². The third-order valence-corrected chi connectivity index (χ3v) is 4.22. The minimum atomic E-state index is -0.511. The number of allylic oxidation sites excluding steroid dienone is 1. The van der Waals surface area contributed by atoms with Crippen LogP contribution in [0, 0.1) is 27.3 Å². The summed E-state index contributed by atoms with van der Waals surface area (Å²) in [5.41, 5.74) is 1.71. The van der Waals surface area contributed by atoms with Crippen LogP contribution < -0.4 is 4.90 Å². The van der Waals surface area contributed by atoms with Crippen LogP contribution in [0.1, 0.15) is 24.0 Å². The molecule has 1 fully saturated rings. The number of hydrogen-bond donors (Lipinski definition) is 0. The van der Waals surface area contributed by atoms with Crippen molar-refractivity contribution in [2.24, 2.45) is 0 Å². The van der Waals surface area contributed by atoms with E-state index in [1.54, 1.807) is 18.2 Å². The zero-order valence-corrected chi connectivity index (χ0v) is 13.5. The van der Waals surface area contributed by atoms with Crippen LogP contribution >= 0.6 is 0 Å². The van der Waals surface area contributed by atoms with Gasteiger partial charge in [-0.2, -0.15) is 5.26 Å². The molecule has 0 N–H and O–H groups in total. The molecule has 0 aromatic heterocycles. The van der Waals surface area contributed by atoms with Gasteiger partial charge in [-0.3, -0.25) is 10.1 Å². The van der Waals surface area contributed by atoms with Crippen molar-refractivity contribution < 1.29 is 9.31 Å². The lowest BCUT2D eigenvalue weighted by Gasteiger charge is -2.18. The summed E-state index contributed by atoms with van der Waals surface area (Å²) in [7, 11) is 0. The smallest absolute Gasteiger partial charge is 0.270 e. The standard InChI is InChI=1S/C19H16FN3O2/c20-18-11-14(6-7-19(18)22-8-1-2-9-22)10-16(13-21)15-4-3-5-17(12-15)23(24)25/h3-7,10-12H,1-2,8-9H2. The first kappa shape index (κ1) is 16.7. The monoisotopic (exact) mass is 337 g/mol. The van der Waals surface area contributed by atoms with E-state index in [1.165, 1.54) is 30.3 Å². The molecule has 0 unspecified atom stereocenters. The summed E-state index contributed by atoms with van der Waals surface area (Å²) in [6, 6.07) is 12.7. The number of non-ortho nitro benzene ring substituents is 1. The number of anilines is 1. The number of nitriles is 1. The predicted molar refractivity (Wildman–Crippen MR) is 94.4 cm³/mol.